The van der Waals surface area contributed by atoms with Crippen molar-refractivity contribution in [2.45, 2.75) is 92.2 Å². The van der Waals surface area contributed by atoms with E-state index in [0.29, 0.717) is 11.5 Å². The molecule has 1 aliphatic rings. The predicted octanol–water partition coefficient (Wildman–Crippen LogP) is 7.15. The van der Waals surface area contributed by atoms with E-state index in [1.54, 1.807) is 13.8 Å². The molecule has 0 saturated carbocycles. The maximum atomic E-state index is 14.2. The highest BCUT2D eigenvalue weighted by atomic mass is 19.1. The first-order chi connectivity index (χ1) is 13.1. The van der Waals surface area contributed by atoms with E-state index in [9.17, 15) is 9.18 Å². The zero-order chi connectivity index (χ0) is 20.9. The van der Waals surface area contributed by atoms with Crippen molar-refractivity contribution in [3.63, 3.8) is 0 Å². The topological polar surface area (TPSA) is 29.1 Å². The fourth-order valence-corrected chi connectivity index (χ4v) is 4.18. The van der Waals surface area contributed by atoms with Gasteiger partial charge in [0, 0.05) is 11.1 Å². The summed E-state index contributed by atoms with van der Waals surface area (Å²) in [5.74, 6) is 0.814. The third kappa shape index (κ3) is 5.24. The van der Waals surface area contributed by atoms with E-state index in [1.807, 2.05) is 24.3 Å². The van der Waals surface area contributed by atoms with Gasteiger partial charge in [-0.3, -0.25) is 4.79 Å². The molecule has 0 spiro atoms. The lowest BCUT2D eigenvalue weighted by molar-refractivity contribution is -0.131. The molecule has 0 saturated heterocycles. The van der Waals surface area contributed by atoms with Crippen molar-refractivity contribution in [2.24, 2.45) is 11.3 Å². The number of hydrogen-bond acceptors (Lipinski definition) is 1. The van der Waals surface area contributed by atoms with Crippen LogP contribution in [-0.2, 0) is 10.5 Å². The predicted molar refractivity (Wildman–Crippen MR) is 117 cm³/mol. The van der Waals surface area contributed by atoms with Gasteiger partial charge in [-0.05, 0) is 75.5 Å². The minimum absolute atomic E-state index is 0.166. The number of amides is 1. The van der Waals surface area contributed by atoms with Crippen molar-refractivity contribution in [1.82, 2.24) is 5.32 Å². The highest BCUT2D eigenvalue weighted by Gasteiger charge is 2.39. The van der Waals surface area contributed by atoms with Gasteiger partial charge in [0.1, 0.15) is 5.67 Å². The Labute approximate surface area is 171 Å². The molecule has 0 fully saturated rings. The van der Waals surface area contributed by atoms with Crippen LogP contribution in [0, 0.1) is 11.3 Å². The molecule has 1 aliphatic heterocycles. The van der Waals surface area contributed by atoms with Crippen LogP contribution in [0.5, 0.6) is 0 Å². The number of nitrogens with one attached hydrogen (secondary N) is 1. The van der Waals surface area contributed by atoms with Crippen molar-refractivity contribution in [2.75, 3.05) is 0 Å². The van der Waals surface area contributed by atoms with Gasteiger partial charge < -0.3 is 5.32 Å². The number of alkyl halides is 1. The fraction of sp³-hybridized carbons (Fsp3) is 0.640. The van der Waals surface area contributed by atoms with E-state index in [4.69, 9.17) is 0 Å². The Hall–Kier alpha value is -1.64. The first kappa shape index (κ1) is 22.6. The molecular weight excluding hydrogens is 349 g/mol. The lowest BCUT2D eigenvalue weighted by atomic mass is 9.73. The van der Waals surface area contributed by atoms with Gasteiger partial charge in [-0.25, -0.2) is 4.39 Å². The van der Waals surface area contributed by atoms with Crippen LogP contribution in [-0.4, -0.2) is 5.91 Å². The van der Waals surface area contributed by atoms with Gasteiger partial charge in [-0.1, -0.05) is 57.9 Å². The van der Waals surface area contributed by atoms with Gasteiger partial charge in [-0.15, -0.1) is 0 Å². The molecule has 1 aromatic carbocycles. The molecule has 1 N–H and O–H groups in total. The molecule has 2 nitrogen and oxygen atoms in total. The van der Waals surface area contributed by atoms with Crippen LogP contribution >= 0.6 is 0 Å². The van der Waals surface area contributed by atoms with E-state index in [-0.39, 0.29) is 11.3 Å². The molecule has 0 radical (unpaired) electrons. The average Bonchev–Trinajstić information content (AvgIpc) is 2.78. The standard InChI is InChI=1S/C25H38FNO/c1-7-15-25(16-13-18(3)8-2)17-14-19(4)22(27-23(25)28)20-9-11-21(12-10-20)24(5,6)26/h9-12,18H,7-8,13-17H2,1-6H3,(H,27,28). The van der Waals surface area contributed by atoms with Gasteiger partial charge in [0.2, 0.25) is 5.91 Å². The summed E-state index contributed by atoms with van der Waals surface area (Å²) in [6.45, 7) is 11.9. The Bertz CT molecular complexity index is 698. The number of hydrogen-bond donors (Lipinski definition) is 1. The van der Waals surface area contributed by atoms with E-state index in [0.717, 1.165) is 56.2 Å². The number of carbonyl (C=O) groups excluding carboxylic acids is 1. The maximum absolute atomic E-state index is 14.2. The summed E-state index contributed by atoms with van der Waals surface area (Å²) < 4.78 is 14.2. The number of carbonyl (C=O) groups is 1. The Morgan fingerprint density at radius 2 is 1.82 bits per heavy atom. The summed E-state index contributed by atoms with van der Waals surface area (Å²) in [7, 11) is 0. The van der Waals surface area contributed by atoms with Gasteiger partial charge in [0.05, 0.1) is 0 Å². The van der Waals surface area contributed by atoms with Crippen LogP contribution in [0.2, 0.25) is 0 Å². The Morgan fingerprint density at radius 3 is 2.36 bits per heavy atom. The highest BCUT2D eigenvalue weighted by Crippen LogP contribution is 2.41. The van der Waals surface area contributed by atoms with Crippen molar-refractivity contribution in [3.05, 3.63) is 41.0 Å². The summed E-state index contributed by atoms with van der Waals surface area (Å²) in [6, 6.07) is 7.52. The molecule has 3 heteroatoms. The lowest BCUT2D eigenvalue weighted by Crippen LogP contribution is -2.39. The Kier molecular flexibility index (Phi) is 7.47. The molecule has 2 rings (SSSR count). The summed E-state index contributed by atoms with van der Waals surface area (Å²) >= 11 is 0. The number of benzene rings is 1. The third-order valence-electron chi connectivity index (χ3n) is 6.53. The van der Waals surface area contributed by atoms with Crippen LogP contribution in [0.4, 0.5) is 4.39 Å². The van der Waals surface area contributed by atoms with Gasteiger partial charge in [0.25, 0.3) is 0 Å². The van der Waals surface area contributed by atoms with Crippen molar-refractivity contribution in [1.29, 1.82) is 0 Å². The van der Waals surface area contributed by atoms with Crippen LogP contribution < -0.4 is 5.32 Å². The van der Waals surface area contributed by atoms with E-state index >= 15 is 0 Å². The number of allylic oxidation sites excluding steroid dienone is 1. The van der Waals surface area contributed by atoms with Crippen LogP contribution in [0.15, 0.2) is 29.8 Å². The van der Waals surface area contributed by atoms with Crippen LogP contribution in [0.1, 0.15) is 97.6 Å². The molecule has 28 heavy (non-hydrogen) atoms. The minimum atomic E-state index is -1.36. The Balaban J connectivity index is 2.27. The molecule has 0 aliphatic carbocycles. The van der Waals surface area contributed by atoms with Crippen molar-refractivity contribution < 1.29 is 9.18 Å². The molecule has 1 aromatic rings. The molecule has 1 amide bonds. The summed E-state index contributed by atoms with van der Waals surface area (Å²) in [5, 5.41) is 3.27. The van der Waals surface area contributed by atoms with Gasteiger partial charge >= 0.3 is 0 Å². The first-order valence-corrected chi connectivity index (χ1v) is 10.9. The second-order valence-corrected chi connectivity index (χ2v) is 9.24. The van der Waals surface area contributed by atoms with Gasteiger partial charge in [-0.2, -0.15) is 0 Å². The maximum Gasteiger partial charge on any atom is 0.230 e. The molecule has 0 bridgehead atoms. The SMILES string of the molecule is CCCC1(CCC(C)CC)CCC(C)=C(c2ccc(C(C)(C)F)cc2)NC1=O. The van der Waals surface area contributed by atoms with E-state index in [2.05, 4.69) is 33.0 Å². The van der Waals surface area contributed by atoms with E-state index in [1.165, 1.54) is 5.57 Å². The second-order valence-electron chi connectivity index (χ2n) is 9.24. The number of rotatable bonds is 8. The molecule has 2 unspecified atom stereocenters. The largest absolute Gasteiger partial charge is 0.325 e. The summed E-state index contributed by atoms with van der Waals surface area (Å²) in [5.41, 5.74) is 2.11. The van der Waals surface area contributed by atoms with Crippen molar-refractivity contribution in [3.8, 4) is 0 Å². The smallest absolute Gasteiger partial charge is 0.230 e. The van der Waals surface area contributed by atoms with Crippen molar-refractivity contribution >= 4 is 11.6 Å². The second kappa shape index (κ2) is 9.24. The first-order valence-electron chi connectivity index (χ1n) is 10.9. The average molecular weight is 388 g/mol. The number of halogens is 1. The minimum Gasteiger partial charge on any atom is -0.325 e. The van der Waals surface area contributed by atoms with Crippen LogP contribution in [0.25, 0.3) is 5.70 Å². The zero-order valence-corrected chi connectivity index (χ0v) is 18.6. The van der Waals surface area contributed by atoms with Gasteiger partial charge in [0.15, 0.2) is 0 Å². The Morgan fingerprint density at radius 1 is 1.18 bits per heavy atom. The monoisotopic (exact) mass is 387 g/mol. The molecule has 1 heterocycles. The molecular formula is C25H38FNO. The zero-order valence-electron chi connectivity index (χ0n) is 18.6. The van der Waals surface area contributed by atoms with E-state index < -0.39 is 5.67 Å². The highest BCUT2D eigenvalue weighted by molar-refractivity contribution is 5.92. The quantitative estimate of drug-likeness (QED) is 0.504. The van der Waals surface area contributed by atoms with Crippen LogP contribution in [0.3, 0.4) is 0 Å². The fourth-order valence-electron chi connectivity index (χ4n) is 4.18. The summed E-state index contributed by atoms with van der Waals surface area (Å²) in [4.78, 5) is 13.4. The molecule has 0 aromatic heterocycles. The molecule has 156 valence electrons. The molecule has 2 atom stereocenters. The normalized spacial score (nSPS) is 22.0. The lowest BCUT2D eigenvalue weighted by Gasteiger charge is -2.32. The third-order valence-corrected chi connectivity index (χ3v) is 6.53. The summed E-state index contributed by atoms with van der Waals surface area (Å²) in [6.07, 6.45) is 6.99.